The van der Waals surface area contributed by atoms with E-state index in [4.69, 9.17) is 42.5 Å². The van der Waals surface area contributed by atoms with E-state index in [0.29, 0.717) is 0 Å². The summed E-state index contributed by atoms with van der Waals surface area (Å²) in [6, 6.07) is 9.62. The fourth-order valence-corrected chi connectivity index (χ4v) is 3.42. The van der Waals surface area contributed by atoms with Crippen LogP contribution in [0.25, 0.3) is 4.85 Å². The van der Waals surface area contributed by atoms with Crippen molar-refractivity contribution < 1.29 is 40.4 Å². The fraction of sp³-hybridized carbons (Fsp3) is 0.594. The van der Waals surface area contributed by atoms with Gasteiger partial charge in [-0.25, -0.2) is 6.57 Å². The van der Waals surface area contributed by atoms with E-state index in [0.717, 1.165) is 11.1 Å². The number of benzene rings is 2. The van der Waals surface area contributed by atoms with Gasteiger partial charge in [-0.05, 0) is 63.8 Å². The number of nitrogens with zero attached hydrogens (tertiary/aromatic N) is 1. The largest absolute Gasteiger partial charge is 0.390 e. The van der Waals surface area contributed by atoms with Crippen LogP contribution in [0.3, 0.4) is 0 Å². The van der Waals surface area contributed by atoms with Crippen molar-refractivity contribution in [2.45, 2.75) is 114 Å². The number of hydrogen-bond acceptors (Lipinski definition) is 3. The molecule has 0 aromatic heterocycles. The van der Waals surface area contributed by atoms with E-state index in [9.17, 15) is 10.2 Å². The number of aliphatic hydroxyl groups is 2. The molecule has 0 aliphatic heterocycles. The average molecular weight is 513 g/mol. The third-order valence-electron chi connectivity index (χ3n) is 5.45. The van der Waals surface area contributed by atoms with Gasteiger partial charge in [0.25, 0.3) is 6.02 Å². The molecule has 2 saturated carbocycles. The molecule has 4 heteroatoms. The van der Waals surface area contributed by atoms with Crippen LogP contribution in [0.2, 0.25) is 0 Å². The minimum atomic E-state index is -3.68. The van der Waals surface area contributed by atoms with Crippen LogP contribution < -0.4 is 5.73 Å². The van der Waals surface area contributed by atoms with Crippen molar-refractivity contribution in [3.63, 3.8) is 0 Å². The molecule has 0 saturated heterocycles. The van der Waals surface area contributed by atoms with E-state index in [1.807, 2.05) is 0 Å². The monoisotopic (exact) mass is 512 g/mol. The predicted octanol–water partition coefficient (Wildman–Crippen LogP) is 7.16. The molecule has 2 atom stereocenters. The van der Waals surface area contributed by atoms with Crippen LogP contribution in [-0.2, 0) is 0 Å². The molecule has 2 aliphatic rings. The molecule has 2 unspecified atom stereocenters. The lowest BCUT2D eigenvalue weighted by Gasteiger charge is -2.35. The van der Waals surface area contributed by atoms with Gasteiger partial charge in [-0.3, -0.25) is 0 Å². The van der Waals surface area contributed by atoms with Crippen LogP contribution in [0, 0.1) is 20.4 Å². The van der Waals surface area contributed by atoms with Crippen LogP contribution >= 0.6 is 0 Å². The SMILES string of the molecule is [2H]C(CC1(O)C([2H])([2H])C([2H])([2H])C([2H])([2H])C([2H])([2H])C1([2H])[2H])([N+]#[C-])c1ccc(C)cc1.[2H]C(CN)(CC1(O)C([2H])([2H])C([2H])([2H])C([2H])([2H])C([2H])([2H])C1([2H])[2H])c1ccc(C)cc1. The van der Waals surface area contributed by atoms with E-state index < -0.39 is 106 Å². The number of hydrogen-bond donors (Lipinski definition) is 3. The maximum absolute atomic E-state index is 11.2. The molecule has 196 valence electrons. The highest BCUT2D eigenvalue weighted by Crippen LogP contribution is 2.38. The van der Waals surface area contributed by atoms with Crippen LogP contribution in [-0.4, -0.2) is 28.0 Å². The second kappa shape index (κ2) is 13.4. The summed E-state index contributed by atoms with van der Waals surface area (Å²) >= 11 is 0. The molecule has 4 nitrogen and oxygen atoms in total. The highest BCUT2D eigenvalue weighted by Gasteiger charge is 2.35. The minimum Gasteiger partial charge on any atom is -0.390 e. The Kier molecular flexibility index (Phi) is 4.05. The molecule has 0 heterocycles. The summed E-state index contributed by atoms with van der Waals surface area (Å²) in [5.41, 5.74) is 0.569. The first-order chi connectivity index (χ1) is 25.5. The van der Waals surface area contributed by atoms with Crippen molar-refractivity contribution in [3.8, 4) is 0 Å². The number of aryl methyl sites for hydroxylation is 2. The molecule has 2 aromatic carbocycles. The van der Waals surface area contributed by atoms with Crippen molar-refractivity contribution >= 4 is 0 Å². The van der Waals surface area contributed by atoms with Crippen molar-refractivity contribution in [3.05, 3.63) is 82.2 Å². The predicted molar refractivity (Wildman–Crippen MR) is 149 cm³/mol. The van der Waals surface area contributed by atoms with Crippen molar-refractivity contribution in [2.75, 3.05) is 6.54 Å². The highest BCUT2D eigenvalue weighted by atomic mass is 16.3. The Labute approximate surface area is 249 Å². The Balaban J connectivity index is 0.000000310. The first-order valence-corrected chi connectivity index (χ1v) is 11.2. The van der Waals surface area contributed by atoms with Crippen LogP contribution in [0.5, 0.6) is 0 Å². The van der Waals surface area contributed by atoms with Gasteiger partial charge in [-0.2, -0.15) is 0 Å². The topological polar surface area (TPSA) is 70.8 Å². The molecule has 0 amide bonds. The van der Waals surface area contributed by atoms with E-state index in [1.165, 1.54) is 24.3 Å². The minimum absolute atomic E-state index is 0.0205. The van der Waals surface area contributed by atoms with E-state index in [-0.39, 0.29) is 11.1 Å². The Morgan fingerprint density at radius 2 is 1.22 bits per heavy atom. The van der Waals surface area contributed by atoms with Crippen LogP contribution in [0.1, 0.15) is 141 Å². The Hall–Kier alpha value is -2.19. The zero-order chi connectivity index (χ0) is 45.8. The Morgan fingerprint density at radius 3 is 1.64 bits per heavy atom. The Morgan fingerprint density at radius 1 is 0.806 bits per heavy atom. The summed E-state index contributed by atoms with van der Waals surface area (Å²) < 4.78 is 177. The van der Waals surface area contributed by atoms with Crippen LogP contribution in [0.4, 0.5) is 0 Å². The first-order valence-electron chi connectivity index (χ1n) is 22.2. The summed E-state index contributed by atoms with van der Waals surface area (Å²) in [6.07, 6.45) is -38.8. The van der Waals surface area contributed by atoms with Gasteiger partial charge in [0.2, 0.25) is 0 Å². The summed E-state index contributed by atoms with van der Waals surface area (Å²) in [6.45, 7) is 10.4. The first kappa shape index (κ1) is 10.9. The quantitative estimate of drug-likeness (QED) is 0.345. The van der Waals surface area contributed by atoms with E-state index in [2.05, 4.69) is 4.85 Å². The lowest BCUT2D eigenvalue weighted by atomic mass is 9.77. The molecule has 36 heavy (non-hydrogen) atoms. The lowest BCUT2D eigenvalue weighted by Crippen LogP contribution is -2.34. The normalized spacial score (nSPS) is 45.1. The van der Waals surface area contributed by atoms with Gasteiger partial charge < -0.3 is 20.8 Å². The van der Waals surface area contributed by atoms with Gasteiger partial charge in [0.05, 0.1) is 17.6 Å². The summed E-state index contributed by atoms with van der Waals surface area (Å²) in [5.74, 6) is -1.99. The molecule has 2 aliphatic carbocycles. The highest BCUT2D eigenvalue weighted by molar-refractivity contribution is 5.27. The summed E-state index contributed by atoms with van der Waals surface area (Å²) in [7, 11) is 0. The maximum Gasteiger partial charge on any atom is 0.251 e. The Bertz CT molecular complexity index is 1830. The lowest BCUT2D eigenvalue weighted by molar-refractivity contribution is -0.00934. The zero-order valence-electron chi connectivity index (χ0n) is 42.2. The molecular weight excluding hydrogens is 444 g/mol. The molecule has 2 aromatic rings. The molecule has 4 rings (SSSR count). The van der Waals surface area contributed by atoms with Gasteiger partial charge in [-0.1, -0.05) is 97.9 Å². The molecular formula is C32H46N2O2. The molecule has 2 fully saturated rings. The van der Waals surface area contributed by atoms with Gasteiger partial charge in [0.1, 0.15) is 1.37 Å². The van der Waals surface area contributed by atoms with Crippen molar-refractivity contribution in [1.82, 2.24) is 0 Å². The second-order valence-electron chi connectivity index (χ2n) is 8.42. The number of nitrogens with two attached hydrogens (primary N) is 1. The summed E-state index contributed by atoms with van der Waals surface area (Å²) in [5, 5.41) is 22.4. The van der Waals surface area contributed by atoms with Crippen molar-refractivity contribution in [1.29, 1.82) is 0 Å². The molecule has 0 bridgehead atoms. The second-order valence-corrected chi connectivity index (χ2v) is 8.42. The summed E-state index contributed by atoms with van der Waals surface area (Å²) in [4.78, 5) is 3.11. The molecule has 4 N–H and O–H groups in total. The van der Waals surface area contributed by atoms with Crippen LogP contribution in [0.15, 0.2) is 48.5 Å². The standard InChI is InChI=1S/C16H21NO.C16H25NO/c1-13-6-8-14(9-7-13)15(17-2)12-16(18)10-4-3-5-11-16;1-13-5-7-14(8-6-13)15(12-17)11-16(18)9-3-2-4-10-16/h6-9,15,18H,3-5,10-12H2,1H3;5-8,15,18H,2-4,9-12,17H2,1H3/i3D2,4D2,5D2,10D2,11D2,15D;2D2,3D2,4D2,9D2,10D2,15D. The van der Waals surface area contributed by atoms with Gasteiger partial charge in [0, 0.05) is 34.3 Å². The third-order valence-corrected chi connectivity index (χ3v) is 5.45. The van der Waals surface area contributed by atoms with E-state index >= 15 is 0 Å². The zero-order valence-corrected chi connectivity index (χ0v) is 20.2. The number of rotatable bonds is 7. The molecule has 0 radical (unpaired) electrons. The smallest absolute Gasteiger partial charge is 0.251 e. The maximum atomic E-state index is 11.2. The molecule has 0 spiro atoms. The third kappa shape index (κ3) is 8.44. The fourth-order valence-electron chi connectivity index (χ4n) is 3.42. The van der Waals surface area contributed by atoms with Crippen molar-refractivity contribution in [2.24, 2.45) is 5.73 Å². The van der Waals surface area contributed by atoms with Gasteiger partial charge in [0.15, 0.2) is 0 Å². The van der Waals surface area contributed by atoms with Gasteiger partial charge >= 0.3 is 0 Å². The van der Waals surface area contributed by atoms with E-state index in [1.54, 1.807) is 38.1 Å². The average Bonchev–Trinajstić information content (AvgIpc) is 3.10. The van der Waals surface area contributed by atoms with Gasteiger partial charge in [-0.15, -0.1) is 0 Å².